The molecule has 3 aromatic rings. The minimum Gasteiger partial charge on any atom is -0.224 e. The molecule has 0 saturated heterocycles. The van der Waals surface area contributed by atoms with E-state index < -0.39 is 27.4 Å². The maximum Gasteiger partial charge on any atom is 0.416 e. The first-order valence-corrected chi connectivity index (χ1v) is 10.1. The van der Waals surface area contributed by atoms with E-state index in [0.29, 0.717) is 22.3 Å². The molecule has 0 aromatic heterocycles. The molecule has 2 nitrogen and oxygen atoms in total. The lowest BCUT2D eigenvalue weighted by Gasteiger charge is -2.15. The summed E-state index contributed by atoms with van der Waals surface area (Å²) in [5.74, 6) is -0.462. The molecule has 0 fully saturated rings. The van der Waals surface area contributed by atoms with Crippen LogP contribution in [0.3, 0.4) is 0 Å². The van der Waals surface area contributed by atoms with Crippen molar-refractivity contribution in [2.75, 3.05) is 6.26 Å². The van der Waals surface area contributed by atoms with Crippen LogP contribution < -0.4 is 0 Å². The van der Waals surface area contributed by atoms with Crippen LogP contribution in [-0.2, 0) is 16.0 Å². The van der Waals surface area contributed by atoms with Crippen molar-refractivity contribution in [1.29, 1.82) is 0 Å². The van der Waals surface area contributed by atoms with Gasteiger partial charge in [-0.3, -0.25) is 0 Å². The fraction of sp³-hybridized carbons (Fsp3) is 0.143. The molecule has 0 spiro atoms. The third-order valence-corrected chi connectivity index (χ3v) is 5.55. The fourth-order valence-corrected chi connectivity index (χ4v) is 3.48. The van der Waals surface area contributed by atoms with Gasteiger partial charge in [-0.15, -0.1) is 0 Å². The first kappa shape index (κ1) is 20.1. The number of aryl methyl sites for hydroxylation is 1. The minimum atomic E-state index is -4.54. The summed E-state index contributed by atoms with van der Waals surface area (Å²) < 4.78 is 76.9. The molecule has 0 bridgehead atoms. The maximum absolute atomic E-state index is 14.0. The second-order valence-corrected chi connectivity index (χ2v) is 8.53. The van der Waals surface area contributed by atoms with Crippen molar-refractivity contribution in [2.24, 2.45) is 0 Å². The molecule has 0 unspecified atom stereocenters. The summed E-state index contributed by atoms with van der Waals surface area (Å²) in [6.45, 7) is 1.59. The lowest BCUT2D eigenvalue weighted by Crippen LogP contribution is -2.05. The van der Waals surface area contributed by atoms with Crippen molar-refractivity contribution in [2.45, 2.75) is 18.0 Å². The predicted octanol–water partition coefficient (Wildman–Crippen LogP) is 5.89. The highest BCUT2D eigenvalue weighted by Crippen LogP contribution is 2.38. The average molecular weight is 408 g/mol. The molecule has 0 aliphatic carbocycles. The van der Waals surface area contributed by atoms with Gasteiger partial charge in [-0.05, 0) is 65.1 Å². The summed E-state index contributed by atoms with van der Waals surface area (Å²) in [5, 5.41) is 0. The van der Waals surface area contributed by atoms with Crippen molar-refractivity contribution in [3.8, 4) is 22.3 Å². The van der Waals surface area contributed by atoms with Gasteiger partial charge < -0.3 is 0 Å². The highest BCUT2D eigenvalue weighted by Gasteiger charge is 2.31. The summed E-state index contributed by atoms with van der Waals surface area (Å²) >= 11 is 0. The van der Waals surface area contributed by atoms with Crippen LogP contribution in [-0.4, -0.2) is 14.7 Å². The zero-order valence-corrected chi connectivity index (χ0v) is 15.8. The van der Waals surface area contributed by atoms with Gasteiger partial charge in [0.15, 0.2) is 9.84 Å². The Balaban J connectivity index is 2.22. The van der Waals surface area contributed by atoms with E-state index in [2.05, 4.69) is 0 Å². The van der Waals surface area contributed by atoms with Crippen LogP contribution in [0.1, 0.15) is 11.1 Å². The summed E-state index contributed by atoms with van der Waals surface area (Å²) in [4.78, 5) is 0.0613. The molecule has 0 N–H and O–H groups in total. The molecule has 7 heteroatoms. The van der Waals surface area contributed by atoms with E-state index in [4.69, 9.17) is 0 Å². The summed E-state index contributed by atoms with van der Waals surface area (Å²) in [6.07, 6.45) is -3.49. The van der Waals surface area contributed by atoms with Gasteiger partial charge in [0.1, 0.15) is 5.82 Å². The average Bonchev–Trinajstić information content (AvgIpc) is 2.62. The molecule has 28 heavy (non-hydrogen) atoms. The third kappa shape index (κ3) is 4.09. The van der Waals surface area contributed by atoms with Crippen molar-refractivity contribution >= 4 is 9.84 Å². The SMILES string of the molecule is Cc1ccc(-c2ccc(C(F)(F)F)cc2-c2ccc(S(C)(=O)=O)cc2)cc1F. The van der Waals surface area contributed by atoms with Crippen LogP contribution in [0.25, 0.3) is 22.3 Å². The summed E-state index contributed by atoms with van der Waals surface area (Å²) in [7, 11) is -3.44. The van der Waals surface area contributed by atoms with E-state index in [1.165, 1.54) is 36.4 Å². The molecule has 146 valence electrons. The molecule has 0 amide bonds. The number of alkyl halides is 3. The molecule has 0 saturated carbocycles. The number of halogens is 4. The fourth-order valence-electron chi connectivity index (χ4n) is 2.85. The minimum absolute atomic E-state index is 0.0613. The molecule has 0 aliphatic rings. The Kier molecular flexibility index (Phi) is 5.06. The normalized spacial score (nSPS) is 12.2. The largest absolute Gasteiger partial charge is 0.416 e. The molecular weight excluding hydrogens is 392 g/mol. The zero-order chi connectivity index (χ0) is 20.7. The van der Waals surface area contributed by atoms with E-state index in [1.54, 1.807) is 19.1 Å². The lowest BCUT2D eigenvalue weighted by atomic mass is 9.92. The van der Waals surface area contributed by atoms with E-state index in [9.17, 15) is 26.0 Å². The van der Waals surface area contributed by atoms with E-state index in [1.807, 2.05) is 0 Å². The first-order chi connectivity index (χ1) is 13.0. The Morgan fingerprint density at radius 1 is 0.786 bits per heavy atom. The number of hydrogen-bond acceptors (Lipinski definition) is 2. The predicted molar refractivity (Wildman–Crippen MR) is 100 cm³/mol. The van der Waals surface area contributed by atoms with Crippen LogP contribution in [0.4, 0.5) is 17.6 Å². The van der Waals surface area contributed by atoms with Gasteiger partial charge in [0.2, 0.25) is 0 Å². The van der Waals surface area contributed by atoms with Crippen LogP contribution >= 0.6 is 0 Å². The van der Waals surface area contributed by atoms with Crippen LogP contribution in [0, 0.1) is 12.7 Å². The zero-order valence-electron chi connectivity index (χ0n) is 15.0. The Bertz CT molecular complexity index is 1130. The van der Waals surface area contributed by atoms with Gasteiger partial charge in [-0.1, -0.05) is 30.3 Å². The Morgan fingerprint density at radius 2 is 1.39 bits per heavy atom. The smallest absolute Gasteiger partial charge is 0.224 e. The monoisotopic (exact) mass is 408 g/mol. The van der Waals surface area contributed by atoms with Crippen LogP contribution in [0.5, 0.6) is 0 Å². The van der Waals surface area contributed by atoms with Crippen molar-refractivity contribution in [3.05, 3.63) is 77.6 Å². The van der Waals surface area contributed by atoms with Gasteiger partial charge in [0.05, 0.1) is 10.5 Å². The maximum atomic E-state index is 14.0. The second-order valence-electron chi connectivity index (χ2n) is 6.52. The number of rotatable bonds is 3. The number of benzene rings is 3. The summed E-state index contributed by atoms with van der Waals surface area (Å²) in [6, 6.07) is 13.3. The van der Waals surface area contributed by atoms with Crippen LogP contribution in [0.15, 0.2) is 65.6 Å². The van der Waals surface area contributed by atoms with E-state index in [0.717, 1.165) is 18.4 Å². The van der Waals surface area contributed by atoms with E-state index >= 15 is 0 Å². The molecule has 0 atom stereocenters. The summed E-state index contributed by atoms with van der Waals surface area (Å²) in [5.41, 5.74) is 1.06. The van der Waals surface area contributed by atoms with Gasteiger partial charge in [-0.2, -0.15) is 13.2 Å². The molecule has 0 radical (unpaired) electrons. The molecular formula is C21H16F4O2S. The third-order valence-electron chi connectivity index (χ3n) is 4.42. The standard InChI is InChI=1S/C21H16F4O2S/c1-13-3-4-15(11-20(13)22)18-10-7-16(21(23,24)25)12-19(18)14-5-8-17(9-6-14)28(2,26)27/h3-12H,1-2H3. The van der Waals surface area contributed by atoms with Crippen molar-refractivity contribution < 1.29 is 26.0 Å². The topological polar surface area (TPSA) is 34.1 Å². The lowest BCUT2D eigenvalue weighted by molar-refractivity contribution is -0.137. The van der Waals surface area contributed by atoms with E-state index in [-0.39, 0.29) is 10.5 Å². The molecule has 3 aromatic carbocycles. The molecule has 3 rings (SSSR count). The van der Waals surface area contributed by atoms with Gasteiger partial charge in [-0.25, -0.2) is 12.8 Å². The number of hydrogen-bond donors (Lipinski definition) is 0. The highest BCUT2D eigenvalue weighted by atomic mass is 32.2. The molecule has 0 aliphatic heterocycles. The Labute approximate surface area is 160 Å². The second kappa shape index (κ2) is 7.05. The van der Waals surface area contributed by atoms with Gasteiger partial charge in [0.25, 0.3) is 0 Å². The molecule has 0 heterocycles. The van der Waals surface area contributed by atoms with Gasteiger partial charge in [0, 0.05) is 6.26 Å². The quantitative estimate of drug-likeness (QED) is 0.507. The Hall–Kier alpha value is -2.67. The van der Waals surface area contributed by atoms with Crippen molar-refractivity contribution in [3.63, 3.8) is 0 Å². The number of sulfone groups is 1. The van der Waals surface area contributed by atoms with Crippen LogP contribution in [0.2, 0.25) is 0 Å². The van der Waals surface area contributed by atoms with Crippen molar-refractivity contribution in [1.82, 2.24) is 0 Å². The highest BCUT2D eigenvalue weighted by molar-refractivity contribution is 7.90. The Morgan fingerprint density at radius 3 is 1.93 bits per heavy atom. The van der Waals surface area contributed by atoms with Gasteiger partial charge >= 0.3 is 6.18 Å². The first-order valence-electron chi connectivity index (χ1n) is 8.25.